The van der Waals surface area contributed by atoms with Gasteiger partial charge in [-0.3, -0.25) is 0 Å². The molecule has 0 fully saturated rings. The summed E-state index contributed by atoms with van der Waals surface area (Å²) < 4.78 is 4.79. The molecule has 14 heavy (non-hydrogen) atoms. The molecular weight excluding hydrogens is 178 g/mol. The molecule has 0 saturated carbocycles. The summed E-state index contributed by atoms with van der Waals surface area (Å²) in [6, 6.07) is 0. The molecule has 0 aromatic heterocycles. The lowest BCUT2D eigenvalue weighted by atomic mass is 10.2. The highest BCUT2D eigenvalue weighted by atomic mass is 16.5. The van der Waals surface area contributed by atoms with Crippen molar-refractivity contribution in [1.29, 1.82) is 0 Å². The van der Waals surface area contributed by atoms with Gasteiger partial charge >= 0.3 is 5.97 Å². The third-order valence-corrected chi connectivity index (χ3v) is 1.70. The van der Waals surface area contributed by atoms with Crippen LogP contribution in [-0.2, 0) is 9.53 Å². The molecule has 80 valence electrons. The van der Waals surface area contributed by atoms with Gasteiger partial charge in [-0.1, -0.05) is 39.0 Å². The number of esters is 1. The Hall–Kier alpha value is -1.25. The van der Waals surface area contributed by atoms with Crippen LogP contribution in [0.2, 0.25) is 0 Å². The van der Waals surface area contributed by atoms with Crippen molar-refractivity contribution in [3.63, 3.8) is 0 Å². The summed E-state index contributed by atoms with van der Waals surface area (Å²) in [5.74, 6) is -0.401. The summed E-state index contributed by atoms with van der Waals surface area (Å²) in [6.07, 6.45) is 4.89. The van der Waals surface area contributed by atoms with Crippen LogP contribution in [0.3, 0.4) is 0 Å². The lowest BCUT2D eigenvalue weighted by Gasteiger charge is -2.07. The van der Waals surface area contributed by atoms with Crippen LogP contribution in [0.1, 0.15) is 26.2 Å². The zero-order valence-corrected chi connectivity index (χ0v) is 8.84. The van der Waals surface area contributed by atoms with E-state index in [4.69, 9.17) is 4.74 Å². The Kier molecular flexibility index (Phi) is 7.61. The maximum atomic E-state index is 11.1. The Morgan fingerprint density at radius 3 is 2.79 bits per heavy atom. The molecule has 0 heterocycles. The molecule has 3 heteroatoms. The second-order valence-electron chi connectivity index (χ2n) is 3.00. The molecule has 0 bridgehead atoms. The van der Waals surface area contributed by atoms with Crippen LogP contribution in [0.25, 0.3) is 0 Å². The Labute approximate surface area is 85.8 Å². The third kappa shape index (κ3) is 6.29. The standard InChI is InChI=1S/C11H19NO2/c1-4-6-7-8-12-10(3)11(13)14-9-5-2/h5,12H,2-4,6-9H2,1H3. The molecule has 0 radical (unpaired) electrons. The molecule has 0 aromatic carbocycles. The zero-order valence-electron chi connectivity index (χ0n) is 8.84. The number of ether oxygens (including phenoxy) is 1. The molecule has 0 spiro atoms. The monoisotopic (exact) mass is 197 g/mol. The minimum atomic E-state index is -0.401. The summed E-state index contributed by atoms with van der Waals surface area (Å²) in [6.45, 7) is 10.2. The first-order chi connectivity index (χ1) is 6.72. The number of carbonyl (C=O) groups is 1. The Morgan fingerprint density at radius 2 is 2.21 bits per heavy atom. The van der Waals surface area contributed by atoms with Gasteiger partial charge in [0.15, 0.2) is 0 Å². The van der Waals surface area contributed by atoms with Crippen LogP contribution in [0.15, 0.2) is 24.9 Å². The second kappa shape index (κ2) is 8.35. The summed E-state index contributed by atoms with van der Waals surface area (Å²) in [7, 11) is 0. The summed E-state index contributed by atoms with van der Waals surface area (Å²) in [5.41, 5.74) is 0.322. The largest absolute Gasteiger partial charge is 0.457 e. The van der Waals surface area contributed by atoms with E-state index in [0.29, 0.717) is 5.70 Å². The molecule has 0 aliphatic rings. The SMILES string of the molecule is C=CCOC(=O)C(=C)NCCCCC. The highest BCUT2D eigenvalue weighted by Gasteiger charge is 2.05. The quantitative estimate of drug-likeness (QED) is 0.280. The van der Waals surface area contributed by atoms with Gasteiger partial charge in [0.1, 0.15) is 12.3 Å². The van der Waals surface area contributed by atoms with Crippen molar-refractivity contribution in [2.75, 3.05) is 13.2 Å². The van der Waals surface area contributed by atoms with E-state index in [1.54, 1.807) is 0 Å². The van der Waals surface area contributed by atoms with Crippen LogP contribution in [0, 0.1) is 0 Å². The van der Waals surface area contributed by atoms with Crippen molar-refractivity contribution in [2.45, 2.75) is 26.2 Å². The first kappa shape index (κ1) is 12.8. The van der Waals surface area contributed by atoms with Crippen molar-refractivity contribution in [3.05, 3.63) is 24.9 Å². The first-order valence-corrected chi connectivity index (χ1v) is 4.93. The molecule has 1 N–H and O–H groups in total. The number of nitrogens with one attached hydrogen (secondary N) is 1. The van der Waals surface area contributed by atoms with Crippen molar-refractivity contribution < 1.29 is 9.53 Å². The third-order valence-electron chi connectivity index (χ3n) is 1.70. The lowest BCUT2D eigenvalue weighted by molar-refractivity contribution is -0.138. The maximum Gasteiger partial charge on any atom is 0.354 e. The number of hydrogen-bond acceptors (Lipinski definition) is 3. The average molecular weight is 197 g/mol. The van der Waals surface area contributed by atoms with E-state index < -0.39 is 5.97 Å². The fourth-order valence-electron chi connectivity index (χ4n) is 0.908. The molecule has 0 saturated heterocycles. The van der Waals surface area contributed by atoms with Gasteiger partial charge in [-0.15, -0.1) is 0 Å². The highest BCUT2D eigenvalue weighted by Crippen LogP contribution is 1.94. The van der Waals surface area contributed by atoms with Crippen molar-refractivity contribution in [1.82, 2.24) is 5.32 Å². The first-order valence-electron chi connectivity index (χ1n) is 4.93. The van der Waals surface area contributed by atoms with E-state index in [1.807, 2.05) is 0 Å². The summed E-state index contributed by atoms with van der Waals surface area (Å²) in [4.78, 5) is 11.1. The van der Waals surface area contributed by atoms with Gasteiger partial charge in [0.05, 0.1) is 0 Å². The lowest BCUT2D eigenvalue weighted by Crippen LogP contribution is -2.22. The van der Waals surface area contributed by atoms with Crippen LogP contribution < -0.4 is 5.32 Å². The number of carbonyl (C=O) groups excluding carboxylic acids is 1. The van der Waals surface area contributed by atoms with Crippen molar-refractivity contribution in [3.8, 4) is 0 Å². The zero-order chi connectivity index (χ0) is 10.8. The van der Waals surface area contributed by atoms with E-state index in [0.717, 1.165) is 25.8 Å². The topological polar surface area (TPSA) is 38.3 Å². The Balaban J connectivity index is 3.52. The van der Waals surface area contributed by atoms with Crippen LogP contribution in [-0.4, -0.2) is 19.1 Å². The van der Waals surface area contributed by atoms with E-state index in [1.165, 1.54) is 6.08 Å². The van der Waals surface area contributed by atoms with Crippen molar-refractivity contribution in [2.24, 2.45) is 0 Å². The minimum Gasteiger partial charge on any atom is -0.457 e. The molecule has 0 aliphatic carbocycles. The van der Waals surface area contributed by atoms with Crippen LogP contribution in [0.4, 0.5) is 0 Å². The van der Waals surface area contributed by atoms with Crippen LogP contribution in [0.5, 0.6) is 0 Å². The minimum absolute atomic E-state index is 0.231. The van der Waals surface area contributed by atoms with Gasteiger partial charge in [-0.25, -0.2) is 4.79 Å². The van der Waals surface area contributed by atoms with Gasteiger partial charge in [0.2, 0.25) is 0 Å². The summed E-state index contributed by atoms with van der Waals surface area (Å²) >= 11 is 0. The molecule has 0 aliphatic heterocycles. The van der Waals surface area contributed by atoms with E-state index in [9.17, 15) is 4.79 Å². The van der Waals surface area contributed by atoms with E-state index in [-0.39, 0.29) is 6.61 Å². The fourth-order valence-corrected chi connectivity index (χ4v) is 0.908. The van der Waals surface area contributed by atoms with Gasteiger partial charge < -0.3 is 10.1 Å². The molecule has 3 nitrogen and oxygen atoms in total. The van der Waals surface area contributed by atoms with E-state index >= 15 is 0 Å². The molecule has 0 amide bonds. The summed E-state index contributed by atoms with van der Waals surface area (Å²) in [5, 5.41) is 2.92. The maximum absolute atomic E-state index is 11.1. The Bertz CT molecular complexity index is 199. The van der Waals surface area contributed by atoms with Crippen molar-refractivity contribution >= 4 is 5.97 Å². The smallest absolute Gasteiger partial charge is 0.354 e. The molecule has 0 unspecified atom stereocenters. The average Bonchev–Trinajstić information content (AvgIpc) is 2.20. The predicted molar refractivity (Wildman–Crippen MR) is 57.8 cm³/mol. The molecular formula is C11H19NO2. The van der Waals surface area contributed by atoms with Crippen LogP contribution >= 0.6 is 0 Å². The predicted octanol–water partition coefficient (Wildman–Crippen LogP) is 2.01. The van der Waals surface area contributed by atoms with Gasteiger partial charge in [0, 0.05) is 6.54 Å². The molecule has 0 rings (SSSR count). The number of hydrogen-bond donors (Lipinski definition) is 1. The molecule has 0 atom stereocenters. The van der Waals surface area contributed by atoms with Gasteiger partial charge in [-0.2, -0.15) is 0 Å². The van der Waals surface area contributed by atoms with E-state index in [2.05, 4.69) is 25.4 Å². The Morgan fingerprint density at radius 1 is 1.50 bits per heavy atom. The number of rotatable bonds is 8. The number of unbranched alkanes of at least 4 members (excludes halogenated alkanes) is 2. The normalized spacial score (nSPS) is 9.21. The highest BCUT2D eigenvalue weighted by molar-refractivity contribution is 5.87. The fraction of sp³-hybridized carbons (Fsp3) is 0.545. The second-order valence-corrected chi connectivity index (χ2v) is 3.00. The van der Waals surface area contributed by atoms with Gasteiger partial charge in [0.25, 0.3) is 0 Å². The van der Waals surface area contributed by atoms with Gasteiger partial charge in [-0.05, 0) is 6.42 Å². The molecule has 0 aromatic rings.